The van der Waals surface area contributed by atoms with Gasteiger partial charge in [-0.1, -0.05) is 6.07 Å². The summed E-state index contributed by atoms with van der Waals surface area (Å²) in [6, 6.07) is 10.7. The van der Waals surface area contributed by atoms with Gasteiger partial charge in [0.25, 0.3) is 5.91 Å². The molecule has 0 aromatic heterocycles. The summed E-state index contributed by atoms with van der Waals surface area (Å²) in [4.78, 5) is 12.4. The first-order valence-electron chi connectivity index (χ1n) is 9.91. The Morgan fingerprint density at radius 2 is 1.65 bits per heavy atom. The highest BCUT2D eigenvalue weighted by atomic mass is 32.2. The predicted molar refractivity (Wildman–Crippen MR) is 123 cm³/mol. The van der Waals surface area contributed by atoms with Crippen molar-refractivity contribution in [1.29, 1.82) is 0 Å². The van der Waals surface area contributed by atoms with E-state index in [4.69, 9.17) is 9.47 Å². The number of ether oxygens (including phenoxy) is 2. The standard InChI is InChI=1S/C22H29N3O5S/c1-6-29-20-9-8-18(13-21(20)30-7-2)14-23-24-22(26)15-25(31(5,27)28)19-11-16(3)10-17(4)12-19/h8-14H,6-7,15H2,1-5H3,(H,24,26)/b23-14-. The van der Waals surface area contributed by atoms with E-state index in [2.05, 4.69) is 10.5 Å². The molecular weight excluding hydrogens is 418 g/mol. The number of aryl methyl sites for hydroxylation is 2. The van der Waals surface area contributed by atoms with Crippen LogP contribution in [0.25, 0.3) is 0 Å². The molecule has 0 aliphatic carbocycles. The first-order valence-corrected chi connectivity index (χ1v) is 11.8. The van der Waals surface area contributed by atoms with Crippen LogP contribution in [-0.2, 0) is 14.8 Å². The highest BCUT2D eigenvalue weighted by Gasteiger charge is 2.21. The fourth-order valence-electron chi connectivity index (χ4n) is 2.99. The molecule has 2 aromatic carbocycles. The molecular formula is C22H29N3O5S. The van der Waals surface area contributed by atoms with Crippen LogP contribution in [0.5, 0.6) is 11.5 Å². The summed E-state index contributed by atoms with van der Waals surface area (Å²) >= 11 is 0. The first kappa shape index (κ1) is 24.2. The number of benzene rings is 2. The summed E-state index contributed by atoms with van der Waals surface area (Å²) < 4.78 is 36.6. The monoisotopic (exact) mass is 447 g/mol. The zero-order valence-corrected chi connectivity index (χ0v) is 19.3. The van der Waals surface area contributed by atoms with Crippen molar-refractivity contribution in [2.24, 2.45) is 5.10 Å². The minimum absolute atomic E-state index is 0.382. The van der Waals surface area contributed by atoms with Crippen LogP contribution >= 0.6 is 0 Å². The Hall–Kier alpha value is -3.07. The summed E-state index contributed by atoms with van der Waals surface area (Å²) in [6.45, 7) is 8.12. The van der Waals surface area contributed by atoms with Crippen LogP contribution in [0.4, 0.5) is 5.69 Å². The topological polar surface area (TPSA) is 97.3 Å². The Bertz CT molecular complexity index is 1030. The maximum Gasteiger partial charge on any atom is 0.260 e. The average Bonchev–Trinajstić information content (AvgIpc) is 2.66. The lowest BCUT2D eigenvalue weighted by Crippen LogP contribution is -2.39. The number of hydrogen-bond donors (Lipinski definition) is 1. The fraction of sp³-hybridized carbons (Fsp3) is 0.364. The molecule has 0 unspecified atom stereocenters. The summed E-state index contributed by atoms with van der Waals surface area (Å²) in [5, 5.41) is 3.94. The van der Waals surface area contributed by atoms with Gasteiger partial charge in [0.15, 0.2) is 11.5 Å². The van der Waals surface area contributed by atoms with Crippen molar-refractivity contribution in [1.82, 2.24) is 5.43 Å². The highest BCUT2D eigenvalue weighted by Crippen LogP contribution is 2.28. The van der Waals surface area contributed by atoms with Gasteiger partial charge in [-0.25, -0.2) is 13.8 Å². The van der Waals surface area contributed by atoms with Gasteiger partial charge in [-0.15, -0.1) is 0 Å². The Kier molecular flexibility index (Phi) is 8.44. The summed E-state index contributed by atoms with van der Waals surface area (Å²) in [5.74, 6) is 0.650. The van der Waals surface area contributed by atoms with Crippen LogP contribution in [0.15, 0.2) is 41.5 Å². The van der Waals surface area contributed by atoms with E-state index >= 15 is 0 Å². The van der Waals surface area contributed by atoms with Gasteiger partial charge in [0.05, 0.1) is 31.4 Å². The number of amides is 1. The Labute approximate surface area is 183 Å². The van der Waals surface area contributed by atoms with Gasteiger partial charge in [0.1, 0.15) is 6.54 Å². The van der Waals surface area contributed by atoms with E-state index in [1.807, 2.05) is 33.8 Å². The SMILES string of the molecule is CCOc1ccc(/C=N\NC(=O)CN(c2cc(C)cc(C)c2)S(C)(=O)=O)cc1OCC. The summed E-state index contributed by atoms with van der Waals surface area (Å²) in [6.07, 6.45) is 2.52. The van der Waals surface area contributed by atoms with Crippen LogP contribution in [0.1, 0.15) is 30.5 Å². The van der Waals surface area contributed by atoms with E-state index in [0.29, 0.717) is 36.0 Å². The zero-order chi connectivity index (χ0) is 23.0. The minimum Gasteiger partial charge on any atom is -0.490 e. The number of nitrogens with one attached hydrogen (secondary N) is 1. The van der Waals surface area contributed by atoms with Gasteiger partial charge in [0, 0.05) is 0 Å². The van der Waals surface area contributed by atoms with Crippen LogP contribution in [0.2, 0.25) is 0 Å². The molecule has 0 atom stereocenters. The number of hydrogen-bond acceptors (Lipinski definition) is 6. The van der Waals surface area contributed by atoms with Gasteiger partial charge < -0.3 is 9.47 Å². The molecule has 0 saturated carbocycles. The predicted octanol–water partition coefficient (Wildman–Crippen LogP) is 3.02. The van der Waals surface area contributed by atoms with E-state index in [-0.39, 0.29) is 6.54 Å². The van der Waals surface area contributed by atoms with E-state index in [1.165, 1.54) is 6.21 Å². The van der Waals surface area contributed by atoms with Gasteiger partial charge >= 0.3 is 0 Å². The molecule has 0 bridgehead atoms. The molecule has 31 heavy (non-hydrogen) atoms. The smallest absolute Gasteiger partial charge is 0.260 e. The minimum atomic E-state index is -3.66. The maximum atomic E-state index is 12.4. The normalized spacial score (nSPS) is 11.4. The molecule has 168 valence electrons. The quantitative estimate of drug-likeness (QED) is 0.446. The lowest BCUT2D eigenvalue weighted by atomic mass is 10.1. The second kappa shape index (κ2) is 10.8. The van der Waals surface area contributed by atoms with Crippen molar-refractivity contribution in [3.8, 4) is 11.5 Å². The summed E-state index contributed by atoms with van der Waals surface area (Å²) in [7, 11) is -3.66. The van der Waals surface area contributed by atoms with Crippen LogP contribution < -0.4 is 19.2 Å². The van der Waals surface area contributed by atoms with E-state index in [1.54, 1.807) is 30.3 Å². The van der Waals surface area contributed by atoms with Crippen LogP contribution in [0, 0.1) is 13.8 Å². The molecule has 0 aliphatic heterocycles. The molecule has 8 nitrogen and oxygen atoms in total. The van der Waals surface area contributed by atoms with E-state index in [9.17, 15) is 13.2 Å². The lowest BCUT2D eigenvalue weighted by Gasteiger charge is -2.22. The van der Waals surface area contributed by atoms with Gasteiger partial charge in [-0.2, -0.15) is 5.10 Å². The first-order chi connectivity index (χ1) is 14.6. The molecule has 0 aliphatic rings. The Morgan fingerprint density at radius 1 is 1.03 bits per heavy atom. The zero-order valence-electron chi connectivity index (χ0n) is 18.5. The third-order valence-electron chi connectivity index (χ3n) is 4.15. The van der Waals surface area contributed by atoms with Crippen molar-refractivity contribution >= 4 is 27.8 Å². The van der Waals surface area contributed by atoms with Crippen molar-refractivity contribution in [2.75, 3.05) is 30.3 Å². The molecule has 2 rings (SSSR count). The number of nitrogens with zero attached hydrogens (tertiary/aromatic N) is 2. The number of carbonyl (C=O) groups is 1. The maximum absolute atomic E-state index is 12.4. The Morgan fingerprint density at radius 3 is 2.23 bits per heavy atom. The second-order valence-corrected chi connectivity index (χ2v) is 8.89. The van der Waals surface area contributed by atoms with Crippen molar-refractivity contribution in [3.63, 3.8) is 0 Å². The number of rotatable bonds is 10. The fourth-order valence-corrected chi connectivity index (χ4v) is 3.83. The second-order valence-electron chi connectivity index (χ2n) is 6.98. The van der Waals surface area contributed by atoms with Crippen molar-refractivity contribution < 1.29 is 22.7 Å². The van der Waals surface area contributed by atoms with E-state index in [0.717, 1.165) is 21.7 Å². The molecule has 0 saturated heterocycles. The Balaban J connectivity index is 2.11. The molecule has 0 heterocycles. The van der Waals surface area contributed by atoms with Gasteiger partial charge in [0.2, 0.25) is 10.0 Å². The summed E-state index contributed by atoms with van der Waals surface area (Å²) in [5.41, 5.74) is 5.32. The molecule has 0 radical (unpaired) electrons. The van der Waals surface area contributed by atoms with Crippen LogP contribution in [0.3, 0.4) is 0 Å². The molecule has 1 N–H and O–H groups in total. The number of anilines is 1. The molecule has 0 fully saturated rings. The third-order valence-corrected chi connectivity index (χ3v) is 5.29. The third kappa shape index (κ3) is 7.29. The van der Waals surface area contributed by atoms with E-state index < -0.39 is 15.9 Å². The number of hydrazone groups is 1. The molecule has 9 heteroatoms. The molecule has 2 aromatic rings. The molecule has 0 spiro atoms. The number of sulfonamides is 1. The van der Waals surface area contributed by atoms with Gasteiger partial charge in [-0.05, 0) is 74.7 Å². The van der Waals surface area contributed by atoms with Crippen molar-refractivity contribution in [2.45, 2.75) is 27.7 Å². The highest BCUT2D eigenvalue weighted by molar-refractivity contribution is 7.92. The van der Waals surface area contributed by atoms with Crippen molar-refractivity contribution in [3.05, 3.63) is 53.1 Å². The largest absolute Gasteiger partial charge is 0.490 e. The molecule has 1 amide bonds. The average molecular weight is 448 g/mol. The van der Waals surface area contributed by atoms with Gasteiger partial charge in [-0.3, -0.25) is 9.10 Å². The lowest BCUT2D eigenvalue weighted by molar-refractivity contribution is -0.119. The number of carbonyl (C=O) groups excluding carboxylic acids is 1. The van der Waals surface area contributed by atoms with Crippen LogP contribution in [-0.4, -0.2) is 46.6 Å².